The first-order valence-electron chi connectivity index (χ1n) is 5.71. The van der Waals surface area contributed by atoms with Crippen molar-refractivity contribution in [2.45, 2.75) is 13.8 Å². The van der Waals surface area contributed by atoms with Gasteiger partial charge in [0.1, 0.15) is 10.4 Å². The molecule has 1 heterocycles. The second kappa shape index (κ2) is 5.40. The molecule has 4 nitrogen and oxygen atoms in total. The van der Waals surface area contributed by atoms with Gasteiger partial charge in [-0.3, -0.25) is 4.79 Å². The van der Waals surface area contributed by atoms with Crippen molar-refractivity contribution >= 4 is 27.5 Å². The number of phenols is 1. The Morgan fingerprint density at radius 1 is 1.32 bits per heavy atom. The van der Waals surface area contributed by atoms with E-state index in [0.29, 0.717) is 21.4 Å². The van der Waals surface area contributed by atoms with Gasteiger partial charge in [0.05, 0.1) is 0 Å². The molecule has 0 unspecified atom stereocenters. The van der Waals surface area contributed by atoms with Gasteiger partial charge in [-0.15, -0.1) is 0 Å². The molecule has 0 bridgehead atoms. The summed E-state index contributed by atoms with van der Waals surface area (Å²) in [4.78, 5) is 16.0. The minimum absolute atomic E-state index is 0.203. The smallest absolute Gasteiger partial charge is 0.255 e. The van der Waals surface area contributed by atoms with Crippen molar-refractivity contribution in [1.82, 2.24) is 4.98 Å². The molecule has 0 fully saturated rings. The highest BCUT2D eigenvalue weighted by atomic mass is 79.9. The number of aromatic hydroxyl groups is 1. The van der Waals surface area contributed by atoms with Crippen molar-refractivity contribution in [3.63, 3.8) is 0 Å². The quantitative estimate of drug-likeness (QED) is 0.833. The molecule has 0 saturated heterocycles. The van der Waals surface area contributed by atoms with E-state index in [-0.39, 0.29) is 11.7 Å². The van der Waals surface area contributed by atoms with E-state index in [9.17, 15) is 9.90 Å². The predicted molar refractivity (Wildman–Crippen MR) is 77.5 cm³/mol. The molecular weight excluding hydrogens is 308 g/mol. The number of halogens is 1. The fourth-order valence-electron chi connectivity index (χ4n) is 1.71. The van der Waals surface area contributed by atoms with Gasteiger partial charge in [0.25, 0.3) is 5.91 Å². The van der Waals surface area contributed by atoms with Crippen LogP contribution in [0.1, 0.15) is 21.5 Å². The van der Waals surface area contributed by atoms with Gasteiger partial charge in [-0.2, -0.15) is 0 Å². The van der Waals surface area contributed by atoms with Crippen LogP contribution in [-0.4, -0.2) is 16.0 Å². The summed E-state index contributed by atoms with van der Waals surface area (Å²) in [6.07, 6.45) is 1.55. The highest BCUT2D eigenvalue weighted by molar-refractivity contribution is 9.10. The number of amides is 1. The van der Waals surface area contributed by atoms with Crippen LogP contribution >= 0.6 is 15.9 Å². The van der Waals surface area contributed by atoms with E-state index in [1.807, 2.05) is 6.92 Å². The number of aromatic nitrogens is 1. The zero-order valence-electron chi connectivity index (χ0n) is 10.6. The van der Waals surface area contributed by atoms with E-state index in [1.165, 1.54) is 0 Å². The second-order valence-corrected chi connectivity index (χ2v) is 5.04. The topological polar surface area (TPSA) is 62.2 Å². The average molecular weight is 321 g/mol. The Morgan fingerprint density at radius 2 is 2.05 bits per heavy atom. The molecule has 0 aliphatic rings. The summed E-state index contributed by atoms with van der Waals surface area (Å²) in [7, 11) is 0. The number of rotatable bonds is 2. The number of hydrogen-bond acceptors (Lipinski definition) is 3. The van der Waals surface area contributed by atoms with Crippen LogP contribution in [0.5, 0.6) is 5.75 Å². The van der Waals surface area contributed by atoms with Crippen LogP contribution in [0, 0.1) is 13.8 Å². The summed E-state index contributed by atoms with van der Waals surface area (Å²) in [5.74, 6) is -0.0387. The third-order valence-electron chi connectivity index (χ3n) is 2.87. The van der Waals surface area contributed by atoms with E-state index in [1.54, 1.807) is 37.4 Å². The number of anilines is 1. The fraction of sp³-hybridized carbons (Fsp3) is 0.143. The second-order valence-electron chi connectivity index (χ2n) is 4.22. The Labute approximate surface area is 119 Å². The number of pyridine rings is 1. The summed E-state index contributed by atoms with van der Waals surface area (Å²) in [5.41, 5.74) is 2.53. The van der Waals surface area contributed by atoms with Crippen molar-refractivity contribution in [3.05, 3.63) is 51.8 Å². The number of benzene rings is 1. The van der Waals surface area contributed by atoms with Crippen molar-refractivity contribution in [2.24, 2.45) is 0 Å². The Hall–Kier alpha value is -1.88. The van der Waals surface area contributed by atoms with Crippen molar-refractivity contribution in [2.75, 3.05) is 5.32 Å². The lowest BCUT2D eigenvalue weighted by atomic mass is 10.1. The maximum atomic E-state index is 12.1. The molecular formula is C14H13BrN2O2. The number of carbonyl (C=O) groups excluding carboxylic acids is 1. The summed E-state index contributed by atoms with van der Waals surface area (Å²) in [6.45, 7) is 3.58. The van der Waals surface area contributed by atoms with Crippen LogP contribution in [0.15, 0.2) is 35.1 Å². The van der Waals surface area contributed by atoms with E-state index >= 15 is 0 Å². The maximum Gasteiger partial charge on any atom is 0.255 e. The first kappa shape index (κ1) is 13.5. The molecule has 1 amide bonds. The third-order valence-corrected chi connectivity index (χ3v) is 3.30. The lowest BCUT2D eigenvalue weighted by Crippen LogP contribution is -2.13. The van der Waals surface area contributed by atoms with E-state index in [2.05, 4.69) is 26.2 Å². The maximum absolute atomic E-state index is 12.1. The number of hydrogen-bond donors (Lipinski definition) is 2. The Kier molecular flexibility index (Phi) is 3.85. The molecule has 0 saturated carbocycles. The monoisotopic (exact) mass is 320 g/mol. The van der Waals surface area contributed by atoms with Gasteiger partial charge in [0.15, 0.2) is 0 Å². The standard InChI is InChI=1S/C14H13BrN2O2/c1-8-3-4-11(9(2)13(8)18)17-14(19)10-5-6-16-12(15)7-10/h3-7,18H,1-2H3,(H,17,19). The fourth-order valence-corrected chi connectivity index (χ4v) is 2.07. The molecule has 0 spiro atoms. The summed E-state index contributed by atoms with van der Waals surface area (Å²) < 4.78 is 0.601. The van der Waals surface area contributed by atoms with Crippen LogP contribution in [0.25, 0.3) is 0 Å². The van der Waals surface area contributed by atoms with Crippen LogP contribution in [0.2, 0.25) is 0 Å². The largest absolute Gasteiger partial charge is 0.507 e. The normalized spacial score (nSPS) is 10.3. The minimum Gasteiger partial charge on any atom is -0.507 e. The molecule has 5 heteroatoms. The summed E-state index contributed by atoms with van der Waals surface area (Å²) in [6, 6.07) is 6.81. The molecule has 1 aromatic heterocycles. The molecule has 0 aliphatic heterocycles. The van der Waals surface area contributed by atoms with E-state index < -0.39 is 0 Å². The molecule has 0 radical (unpaired) electrons. The number of phenolic OH excluding ortho intramolecular Hbond substituents is 1. The van der Waals surface area contributed by atoms with Crippen molar-refractivity contribution < 1.29 is 9.90 Å². The SMILES string of the molecule is Cc1ccc(NC(=O)c2ccnc(Br)c2)c(C)c1O. The first-order chi connectivity index (χ1) is 8.99. The molecule has 2 aromatic rings. The zero-order valence-corrected chi connectivity index (χ0v) is 12.2. The van der Waals surface area contributed by atoms with Crippen LogP contribution in [0.3, 0.4) is 0 Å². The Bertz CT molecular complexity index is 641. The Balaban J connectivity index is 2.27. The number of aryl methyl sites for hydroxylation is 1. The average Bonchev–Trinajstić information content (AvgIpc) is 2.39. The van der Waals surface area contributed by atoms with E-state index in [0.717, 1.165) is 5.56 Å². The van der Waals surface area contributed by atoms with Gasteiger partial charge in [-0.25, -0.2) is 4.98 Å². The molecule has 0 aliphatic carbocycles. The highest BCUT2D eigenvalue weighted by Gasteiger charge is 2.11. The number of nitrogens with zero attached hydrogens (tertiary/aromatic N) is 1. The number of carbonyl (C=O) groups is 1. The van der Waals surface area contributed by atoms with E-state index in [4.69, 9.17) is 0 Å². The summed E-state index contributed by atoms with van der Waals surface area (Å²) >= 11 is 3.22. The van der Waals surface area contributed by atoms with Crippen LogP contribution in [0.4, 0.5) is 5.69 Å². The third kappa shape index (κ3) is 2.93. The molecule has 0 atom stereocenters. The van der Waals surface area contributed by atoms with Gasteiger partial charge in [0, 0.05) is 23.0 Å². The summed E-state index contributed by atoms with van der Waals surface area (Å²) in [5, 5.41) is 12.6. The molecule has 2 rings (SSSR count). The van der Waals surface area contributed by atoms with Gasteiger partial charge in [0.2, 0.25) is 0 Å². The first-order valence-corrected chi connectivity index (χ1v) is 6.50. The van der Waals surface area contributed by atoms with Crippen LogP contribution in [-0.2, 0) is 0 Å². The predicted octanol–water partition coefficient (Wildman–Crippen LogP) is 3.42. The van der Waals surface area contributed by atoms with Gasteiger partial charge < -0.3 is 10.4 Å². The van der Waals surface area contributed by atoms with Crippen molar-refractivity contribution in [1.29, 1.82) is 0 Å². The lowest BCUT2D eigenvalue weighted by Gasteiger charge is -2.11. The van der Waals surface area contributed by atoms with Gasteiger partial charge in [-0.1, -0.05) is 6.07 Å². The van der Waals surface area contributed by atoms with Gasteiger partial charge in [-0.05, 0) is 53.5 Å². The minimum atomic E-state index is -0.241. The van der Waals surface area contributed by atoms with Crippen LogP contribution < -0.4 is 5.32 Å². The number of nitrogens with one attached hydrogen (secondary N) is 1. The lowest BCUT2D eigenvalue weighted by molar-refractivity contribution is 0.102. The molecule has 19 heavy (non-hydrogen) atoms. The highest BCUT2D eigenvalue weighted by Crippen LogP contribution is 2.28. The molecule has 1 aromatic carbocycles. The molecule has 2 N–H and O–H groups in total. The van der Waals surface area contributed by atoms with Crippen molar-refractivity contribution in [3.8, 4) is 5.75 Å². The Morgan fingerprint density at radius 3 is 2.74 bits per heavy atom. The zero-order chi connectivity index (χ0) is 14.0. The van der Waals surface area contributed by atoms with Gasteiger partial charge >= 0.3 is 0 Å². The molecule has 98 valence electrons.